The number of aliphatic carboxylic acids is 2. The Kier molecular flexibility index (Phi) is 21.8. The minimum Gasteiger partial charge on any atom is -0.508 e. The predicted molar refractivity (Wildman–Crippen MR) is 259 cm³/mol. The van der Waals surface area contributed by atoms with Crippen LogP contribution >= 0.6 is 0 Å². The number of carbonyl (C=O) groups is 13. The molecular formula is C47H68N12O16. The number of phenolic OH excluding ortho intramolecular Hbond substituents is 1. The highest BCUT2D eigenvalue weighted by Gasteiger charge is 2.43. The molecule has 0 aliphatic carbocycles. The van der Waals surface area contributed by atoms with Crippen LogP contribution in [0.1, 0.15) is 97.0 Å². The first-order valence-electron chi connectivity index (χ1n) is 24.6. The third-order valence-corrected chi connectivity index (χ3v) is 13.0. The lowest BCUT2D eigenvalue weighted by Crippen LogP contribution is -2.60. The second kappa shape index (κ2) is 27.4. The Hall–Kier alpha value is -7.91. The number of nitrogens with zero attached hydrogens (tertiary/aromatic N) is 3. The average Bonchev–Trinajstić information content (AvgIpc) is 4.15. The van der Waals surface area contributed by atoms with Gasteiger partial charge in [0.05, 0.1) is 12.5 Å². The summed E-state index contributed by atoms with van der Waals surface area (Å²) in [6.45, 7) is 4.39. The number of primary amides is 2. The molecule has 412 valence electrons. The van der Waals surface area contributed by atoms with E-state index >= 15 is 0 Å². The molecule has 3 saturated heterocycles. The Morgan fingerprint density at radius 1 is 0.547 bits per heavy atom. The molecule has 0 aromatic heterocycles. The van der Waals surface area contributed by atoms with E-state index < -0.39 is 157 Å². The van der Waals surface area contributed by atoms with Crippen LogP contribution in [-0.2, 0) is 68.7 Å². The van der Waals surface area contributed by atoms with Crippen LogP contribution in [-0.4, -0.2) is 187 Å². The van der Waals surface area contributed by atoms with Crippen molar-refractivity contribution in [3.8, 4) is 5.75 Å². The lowest BCUT2D eigenvalue weighted by molar-refractivity contribution is -0.145. The highest BCUT2D eigenvalue weighted by atomic mass is 16.4. The van der Waals surface area contributed by atoms with Gasteiger partial charge in [-0.15, -0.1) is 0 Å². The molecule has 1 aromatic carbocycles. The third-order valence-electron chi connectivity index (χ3n) is 13.0. The van der Waals surface area contributed by atoms with E-state index in [1.807, 2.05) is 0 Å². The Bertz CT molecular complexity index is 2350. The fourth-order valence-corrected chi connectivity index (χ4v) is 9.03. The number of hydrogen-bond acceptors (Lipinski definition) is 15. The van der Waals surface area contributed by atoms with Gasteiger partial charge in [0.2, 0.25) is 65.0 Å². The fraction of sp³-hybridized carbons (Fsp3) is 0.596. The van der Waals surface area contributed by atoms with Crippen molar-refractivity contribution >= 4 is 76.9 Å². The maximum Gasteiger partial charge on any atom is 0.326 e. The molecular weight excluding hydrogens is 989 g/mol. The first kappa shape index (κ1) is 59.7. The zero-order valence-corrected chi connectivity index (χ0v) is 41.9. The van der Waals surface area contributed by atoms with E-state index in [4.69, 9.17) is 17.2 Å². The van der Waals surface area contributed by atoms with Crippen LogP contribution in [0.4, 0.5) is 0 Å². The van der Waals surface area contributed by atoms with Gasteiger partial charge in [-0.05, 0) is 89.8 Å². The van der Waals surface area contributed by atoms with Gasteiger partial charge in [0.15, 0.2) is 0 Å². The number of nitrogens with one attached hydrogen (secondary N) is 6. The Morgan fingerprint density at radius 3 is 1.51 bits per heavy atom. The van der Waals surface area contributed by atoms with Crippen molar-refractivity contribution in [2.24, 2.45) is 17.2 Å². The standard InChI is InChI=1S/C47H68N12O16/c1-23(48)44(71)57-18-4-8-33(57)43(70)54-29(14-16-35(49)61)46(73)59-20-6-7-32(59)41(68)52-25(3)45(72)58-19-5-9-34(58)42(69)53-28(15-17-37(63)64)39(66)55-30(22-36(50)62)40(67)51-24(2)38(65)56-31(47(74)75)21-26-10-12-27(60)13-11-26/h10-13,23-25,28-34,60H,4-9,14-22,48H2,1-3H3,(H2,49,61)(H2,50,62)(H,51,67)(H,52,68)(H,53,69)(H,54,70)(H,55,66)(H,56,65)(H,63,64)(H,74,75)/t23-,24-,25-,28-,29-,30-,31-,32-,33-,34-/m0/s1. The van der Waals surface area contributed by atoms with E-state index in [9.17, 15) is 77.6 Å². The number of likely N-dealkylation sites (tertiary alicyclic amines) is 3. The van der Waals surface area contributed by atoms with Crippen LogP contribution < -0.4 is 49.1 Å². The number of carboxylic acid groups (broad SMARTS) is 2. The molecule has 15 N–H and O–H groups in total. The molecule has 0 unspecified atom stereocenters. The molecule has 4 rings (SSSR count). The molecule has 3 heterocycles. The van der Waals surface area contributed by atoms with Crippen LogP contribution in [0.3, 0.4) is 0 Å². The van der Waals surface area contributed by atoms with Crippen LogP contribution in [0.2, 0.25) is 0 Å². The number of carboxylic acids is 2. The molecule has 75 heavy (non-hydrogen) atoms. The third kappa shape index (κ3) is 17.1. The molecule has 11 amide bonds. The number of rotatable bonds is 26. The minimum absolute atomic E-state index is 0.0171. The highest BCUT2D eigenvalue weighted by molar-refractivity contribution is 5.99. The first-order valence-corrected chi connectivity index (χ1v) is 24.6. The number of benzene rings is 1. The summed E-state index contributed by atoms with van der Waals surface area (Å²) in [5.41, 5.74) is 17.0. The molecule has 0 bridgehead atoms. The van der Waals surface area contributed by atoms with Crippen molar-refractivity contribution in [1.82, 2.24) is 46.6 Å². The molecule has 3 fully saturated rings. The predicted octanol–water partition coefficient (Wildman–Crippen LogP) is -4.71. The first-order chi connectivity index (χ1) is 35.3. The SMILES string of the molecule is C[C@H](N)C(=O)N1CCC[C@H]1C(=O)N[C@@H](CCC(N)=O)C(=O)N1CCC[C@H]1C(=O)N[C@@H](C)C(=O)N1CCC[C@H]1C(=O)N[C@@H](CCC(=O)O)C(=O)N[C@@H](CC(N)=O)C(=O)N[C@@H](C)C(=O)N[C@@H](Cc1ccc(O)cc1)C(=O)O. The van der Waals surface area contributed by atoms with Gasteiger partial charge in [0, 0.05) is 38.9 Å². The number of carbonyl (C=O) groups excluding carboxylic acids is 11. The second-order valence-corrected chi connectivity index (χ2v) is 18.9. The Morgan fingerprint density at radius 2 is 1.01 bits per heavy atom. The molecule has 28 nitrogen and oxygen atoms in total. The lowest BCUT2D eigenvalue weighted by Gasteiger charge is -2.32. The molecule has 3 aliphatic heterocycles. The van der Waals surface area contributed by atoms with Gasteiger partial charge in [0.25, 0.3) is 0 Å². The second-order valence-electron chi connectivity index (χ2n) is 18.9. The maximum atomic E-state index is 14.0. The monoisotopic (exact) mass is 1060 g/mol. The summed E-state index contributed by atoms with van der Waals surface area (Å²) < 4.78 is 0. The largest absolute Gasteiger partial charge is 0.508 e. The topological polar surface area (TPSA) is 443 Å². The zero-order chi connectivity index (χ0) is 55.8. The van der Waals surface area contributed by atoms with E-state index in [1.54, 1.807) is 0 Å². The van der Waals surface area contributed by atoms with Gasteiger partial charge in [-0.2, -0.15) is 0 Å². The molecule has 1 aromatic rings. The van der Waals surface area contributed by atoms with E-state index in [0.29, 0.717) is 24.8 Å². The summed E-state index contributed by atoms with van der Waals surface area (Å²) in [4.78, 5) is 173. The van der Waals surface area contributed by atoms with Crippen molar-refractivity contribution in [2.45, 2.75) is 158 Å². The summed E-state index contributed by atoms with van der Waals surface area (Å²) in [5, 5.41) is 43.2. The van der Waals surface area contributed by atoms with E-state index in [2.05, 4.69) is 31.9 Å². The van der Waals surface area contributed by atoms with Crippen LogP contribution in [0.5, 0.6) is 5.75 Å². The number of nitrogens with two attached hydrogens (primary N) is 3. The van der Waals surface area contributed by atoms with Gasteiger partial charge in [-0.3, -0.25) is 57.5 Å². The average molecular weight is 1060 g/mol. The van der Waals surface area contributed by atoms with Crippen molar-refractivity contribution in [3.63, 3.8) is 0 Å². The fourth-order valence-electron chi connectivity index (χ4n) is 9.03. The summed E-state index contributed by atoms with van der Waals surface area (Å²) in [5.74, 6) is -12.2. The summed E-state index contributed by atoms with van der Waals surface area (Å²) in [7, 11) is 0. The van der Waals surface area contributed by atoms with Gasteiger partial charge in [-0.1, -0.05) is 12.1 Å². The van der Waals surface area contributed by atoms with E-state index in [1.165, 1.54) is 54.8 Å². The van der Waals surface area contributed by atoms with Crippen molar-refractivity contribution in [2.75, 3.05) is 19.6 Å². The van der Waals surface area contributed by atoms with E-state index in [0.717, 1.165) is 4.90 Å². The number of aromatic hydroxyl groups is 1. The van der Waals surface area contributed by atoms with Gasteiger partial charge in [0.1, 0.15) is 60.1 Å². The number of amides is 11. The van der Waals surface area contributed by atoms with Crippen molar-refractivity contribution < 1.29 is 77.6 Å². The quantitative estimate of drug-likeness (QED) is 0.0415. The molecule has 0 saturated carbocycles. The Labute approximate surface area is 430 Å². The molecule has 28 heteroatoms. The summed E-state index contributed by atoms with van der Waals surface area (Å²) in [6.07, 6.45) is -1.09. The highest BCUT2D eigenvalue weighted by Crippen LogP contribution is 2.24. The maximum absolute atomic E-state index is 14.0. The number of phenols is 1. The summed E-state index contributed by atoms with van der Waals surface area (Å²) in [6, 6.07) is -7.65. The molecule has 0 radical (unpaired) electrons. The van der Waals surface area contributed by atoms with E-state index in [-0.39, 0.29) is 63.9 Å². The minimum atomic E-state index is -1.79. The Balaban J connectivity index is 1.41. The smallest absolute Gasteiger partial charge is 0.326 e. The molecule has 10 atom stereocenters. The zero-order valence-electron chi connectivity index (χ0n) is 41.9. The summed E-state index contributed by atoms with van der Waals surface area (Å²) >= 11 is 0. The normalized spacial score (nSPS) is 19.9. The van der Waals surface area contributed by atoms with Gasteiger partial charge >= 0.3 is 11.9 Å². The molecule has 0 spiro atoms. The lowest BCUT2D eigenvalue weighted by atomic mass is 10.1. The van der Waals surface area contributed by atoms with Crippen molar-refractivity contribution in [1.29, 1.82) is 0 Å². The van der Waals surface area contributed by atoms with Crippen LogP contribution in [0.15, 0.2) is 24.3 Å². The molecule has 3 aliphatic rings. The number of hydrogen-bond donors (Lipinski definition) is 12. The van der Waals surface area contributed by atoms with Crippen LogP contribution in [0.25, 0.3) is 0 Å². The van der Waals surface area contributed by atoms with Crippen molar-refractivity contribution in [3.05, 3.63) is 29.8 Å². The van der Waals surface area contributed by atoms with Crippen LogP contribution in [0, 0.1) is 0 Å². The van der Waals surface area contributed by atoms with Gasteiger partial charge < -0.3 is 79.1 Å². The van der Waals surface area contributed by atoms with Gasteiger partial charge in [-0.25, -0.2) is 4.79 Å².